The highest BCUT2D eigenvalue weighted by atomic mass is 35.5. The first-order chi connectivity index (χ1) is 7.41. The van der Waals surface area contributed by atoms with Crippen LogP contribution in [0.25, 0.3) is 0 Å². The smallest absolute Gasteiger partial charge is 0.224 e. The van der Waals surface area contributed by atoms with Gasteiger partial charge in [0.2, 0.25) is 5.91 Å². The van der Waals surface area contributed by atoms with Gasteiger partial charge in [0.05, 0.1) is 5.92 Å². The average molecular weight is 263 g/mol. The fourth-order valence-corrected chi connectivity index (χ4v) is 2.53. The lowest BCUT2D eigenvalue weighted by atomic mass is 9.84. The number of rotatable bonds is 5. The summed E-state index contributed by atoms with van der Waals surface area (Å²) in [5, 5.41) is 6.31. The van der Waals surface area contributed by atoms with Gasteiger partial charge in [-0.05, 0) is 30.7 Å². The van der Waals surface area contributed by atoms with Crippen molar-refractivity contribution >= 4 is 18.3 Å². The van der Waals surface area contributed by atoms with Crippen LogP contribution in [-0.4, -0.2) is 25.5 Å². The highest BCUT2D eigenvalue weighted by Gasteiger charge is 2.25. The number of hydrogen-bond donors (Lipinski definition) is 2. The molecule has 1 aliphatic rings. The fourth-order valence-electron chi connectivity index (χ4n) is 2.53. The summed E-state index contributed by atoms with van der Waals surface area (Å²) in [5.74, 6) is 1.09. The zero-order valence-electron chi connectivity index (χ0n) is 11.5. The van der Waals surface area contributed by atoms with E-state index in [0.29, 0.717) is 5.92 Å². The molecule has 1 amide bonds. The Hall–Kier alpha value is -0.280. The fraction of sp³-hybridized carbons (Fsp3) is 0.923. The molecule has 1 aliphatic heterocycles. The lowest BCUT2D eigenvalue weighted by molar-refractivity contribution is -0.124. The first kappa shape index (κ1) is 16.7. The molecule has 0 aromatic carbocycles. The summed E-state index contributed by atoms with van der Waals surface area (Å²) in [4.78, 5) is 11.8. The van der Waals surface area contributed by atoms with Crippen LogP contribution in [0.1, 0.15) is 40.5 Å². The summed E-state index contributed by atoms with van der Waals surface area (Å²) in [7, 11) is 0. The quantitative estimate of drug-likeness (QED) is 0.798. The van der Waals surface area contributed by atoms with E-state index in [-0.39, 0.29) is 29.6 Å². The van der Waals surface area contributed by atoms with Gasteiger partial charge < -0.3 is 10.6 Å². The van der Waals surface area contributed by atoms with E-state index < -0.39 is 0 Å². The second kappa shape index (κ2) is 7.22. The van der Waals surface area contributed by atoms with E-state index in [9.17, 15) is 4.79 Å². The van der Waals surface area contributed by atoms with Crippen LogP contribution in [0.15, 0.2) is 0 Å². The lowest BCUT2D eigenvalue weighted by Gasteiger charge is -2.27. The predicted molar refractivity (Wildman–Crippen MR) is 74.5 cm³/mol. The van der Waals surface area contributed by atoms with E-state index in [1.54, 1.807) is 0 Å². The van der Waals surface area contributed by atoms with Crippen molar-refractivity contribution in [1.82, 2.24) is 10.6 Å². The molecule has 0 aliphatic carbocycles. The molecule has 0 radical (unpaired) electrons. The van der Waals surface area contributed by atoms with Crippen LogP contribution in [0.4, 0.5) is 0 Å². The van der Waals surface area contributed by atoms with Gasteiger partial charge in [0.25, 0.3) is 0 Å². The molecule has 4 heteroatoms. The molecule has 0 saturated carbocycles. The van der Waals surface area contributed by atoms with Crippen molar-refractivity contribution in [2.24, 2.45) is 17.3 Å². The molecule has 17 heavy (non-hydrogen) atoms. The van der Waals surface area contributed by atoms with E-state index in [2.05, 4.69) is 38.3 Å². The molecule has 1 atom stereocenters. The topological polar surface area (TPSA) is 41.1 Å². The van der Waals surface area contributed by atoms with Gasteiger partial charge in [-0.3, -0.25) is 4.79 Å². The average Bonchev–Trinajstić information content (AvgIpc) is 2.64. The third kappa shape index (κ3) is 6.27. The molecule has 0 spiro atoms. The maximum atomic E-state index is 11.8. The molecule has 1 fully saturated rings. The molecule has 1 heterocycles. The highest BCUT2D eigenvalue weighted by molar-refractivity contribution is 5.85. The van der Waals surface area contributed by atoms with Gasteiger partial charge in [0.15, 0.2) is 0 Å². The van der Waals surface area contributed by atoms with Crippen molar-refractivity contribution in [2.45, 2.75) is 40.5 Å². The standard InChI is InChI=1S/C13H26N2O.ClH/c1-10(2)7-13(3,4)9-15-12(16)11-5-6-14-8-11;/h10-11,14H,5-9H2,1-4H3,(H,15,16);1H. The summed E-state index contributed by atoms with van der Waals surface area (Å²) in [6.07, 6.45) is 2.13. The Kier molecular flexibility index (Phi) is 7.10. The van der Waals surface area contributed by atoms with Gasteiger partial charge in [-0.2, -0.15) is 0 Å². The monoisotopic (exact) mass is 262 g/mol. The zero-order valence-corrected chi connectivity index (χ0v) is 12.3. The van der Waals surface area contributed by atoms with E-state index in [1.165, 1.54) is 0 Å². The summed E-state index contributed by atoms with van der Waals surface area (Å²) in [6.45, 7) is 11.5. The largest absolute Gasteiger partial charge is 0.355 e. The second-order valence-corrected chi connectivity index (χ2v) is 6.17. The minimum absolute atomic E-state index is 0. The van der Waals surface area contributed by atoms with Crippen LogP contribution in [0, 0.1) is 17.3 Å². The summed E-state index contributed by atoms with van der Waals surface area (Å²) >= 11 is 0. The zero-order chi connectivity index (χ0) is 12.2. The van der Waals surface area contributed by atoms with Crippen LogP contribution in [0.3, 0.4) is 0 Å². The Morgan fingerprint density at radius 2 is 2.12 bits per heavy atom. The van der Waals surface area contributed by atoms with Crippen LogP contribution in [-0.2, 0) is 4.79 Å². The number of amides is 1. The predicted octanol–water partition coefficient (Wildman–Crippen LogP) is 2.21. The molecular weight excluding hydrogens is 236 g/mol. The van der Waals surface area contributed by atoms with Crippen molar-refractivity contribution in [1.29, 1.82) is 0 Å². The maximum Gasteiger partial charge on any atom is 0.224 e. The Morgan fingerprint density at radius 3 is 2.59 bits per heavy atom. The third-order valence-electron chi connectivity index (χ3n) is 3.13. The summed E-state index contributed by atoms with van der Waals surface area (Å²) in [5.41, 5.74) is 0.204. The number of hydrogen-bond acceptors (Lipinski definition) is 2. The first-order valence-electron chi connectivity index (χ1n) is 6.39. The van der Waals surface area contributed by atoms with E-state index in [0.717, 1.165) is 32.5 Å². The molecule has 102 valence electrons. The summed E-state index contributed by atoms with van der Waals surface area (Å²) in [6, 6.07) is 0. The molecule has 3 nitrogen and oxygen atoms in total. The minimum Gasteiger partial charge on any atom is -0.355 e. The Balaban J connectivity index is 0.00000256. The molecule has 0 aromatic heterocycles. The van der Waals surface area contributed by atoms with Crippen molar-refractivity contribution in [3.8, 4) is 0 Å². The lowest BCUT2D eigenvalue weighted by Crippen LogP contribution is -2.38. The number of halogens is 1. The van der Waals surface area contributed by atoms with Gasteiger partial charge in [-0.15, -0.1) is 12.4 Å². The number of carbonyl (C=O) groups excluding carboxylic acids is 1. The molecule has 1 saturated heterocycles. The number of nitrogens with one attached hydrogen (secondary N) is 2. The van der Waals surface area contributed by atoms with Gasteiger partial charge in [-0.1, -0.05) is 27.7 Å². The number of carbonyl (C=O) groups is 1. The van der Waals surface area contributed by atoms with E-state index in [4.69, 9.17) is 0 Å². The van der Waals surface area contributed by atoms with Gasteiger partial charge in [-0.25, -0.2) is 0 Å². The molecule has 1 rings (SSSR count). The van der Waals surface area contributed by atoms with Crippen molar-refractivity contribution in [2.75, 3.05) is 19.6 Å². The molecule has 0 bridgehead atoms. The van der Waals surface area contributed by atoms with Gasteiger partial charge in [0.1, 0.15) is 0 Å². The molecule has 2 N–H and O–H groups in total. The first-order valence-corrected chi connectivity index (χ1v) is 6.39. The third-order valence-corrected chi connectivity index (χ3v) is 3.13. The van der Waals surface area contributed by atoms with Crippen LogP contribution < -0.4 is 10.6 Å². The van der Waals surface area contributed by atoms with Crippen LogP contribution in [0.5, 0.6) is 0 Å². The van der Waals surface area contributed by atoms with E-state index in [1.807, 2.05) is 0 Å². The van der Waals surface area contributed by atoms with Crippen LogP contribution in [0.2, 0.25) is 0 Å². The normalized spacial score (nSPS) is 20.2. The molecule has 1 unspecified atom stereocenters. The second-order valence-electron chi connectivity index (χ2n) is 6.17. The van der Waals surface area contributed by atoms with Crippen molar-refractivity contribution in [3.63, 3.8) is 0 Å². The SMILES string of the molecule is CC(C)CC(C)(C)CNC(=O)C1CCNC1.Cl. The van der Waals surface area contributed by atoms with E-state index >= 15 is 0 Å². The summed E-state index contributed by atoms with van der Waals surface area (Å²) < 4.78 is 0. The van der Waals surface area contributed by atoms with Crippen LogP contribution >= 0.6 is 12.4 Å². The molecule has 0 aromatic rings. The van der Waals surface area contributed by atoms with Crippen molar-refractivity contribution in [3.05, 3.63) is 0 Å². The molecular formula is C13H27ClN2O. The van der Waals surface area contributed by atoms with Crippen molar-refractivity contribution < 1.29 is 4.79 Å². The highest BCUT2D eigenvalue weighted by Crippen LogP contribution is 2.24. The van der Waals surface area contributed by atoms with Gasteiger partial charge in [0, 0.05) is 13.1 Å². The maximum absolute atomic E-state index is 11.8. The van der Waals surface area contributed by atoms with Gasteiger partial charge >= 0.3 is 0 Å². The minimum atomic E-state index is 0. The Bertz CT molecular complexity index is 236. The Morgan fingerprint density at radius 1 is 1.47 bits per heavy atom. The Labute approximate surface area is 112 Å².